The highest BCUT2D eigenvalue weighted by Crippen LogP contribution is 2.13. The monoisotopic (exact) mass is 357 g/mol. The highest BCUT2D eigenvalue weighted by Gasteiger charge is 2.12. The predicted octanol–water partition coefficient (Wildman–Crippen LogP) is 1.99. The topological polar surface area (TPSA) is 84.2 Å². The number of carbonyl (C=O) groups excluding carboxylic acids is 1. The maximum absolute atomic E-state index is 12.2. The summed E-state index contributed by atoms with van der Waals surface area (Å²) in [6.45, 7) is 7.94. The van der Waals surface area contributed by atoms with E-state index in [1.165, 1.54) is 0 Å². The summed E-state index contributed by atoms with van der Waals surface area (Å²) in [6, 6.07) is 9.20. The van der Waals surface area contributed by atoms with Gasteiger partial charge in [0.1, 0.15) is 0 Å². The van der Waals surface area contributed by atoms with Crippen molar-refractivity contribution in [2.75, 3.05) is 6.54 Å². The fourth-order valence-electron chi connectivity index (χ4n) is 2.70. The van der Waals surface area contributed by atoms with Crippen LogP contribution in [0.4, 0.5) is 0 Å². The smallest absolute Gasteiger partial charge is 0.348 e. The first kappa shape index (κ1) is 19.8. The highest BCUT2D eigenvalue weighted by molar-refractivity contribution is 5.94. The minimum absolute atomic E-state index is 0.176. The summed E-state index contributed by atoms with van der Waals surface area (Å²) in [6.07, 6.45) is 1.42. The van der Waals surface area contributed by atoms with E-state index in [9.17, 15) is 14.7 Å². The Morgan fingerprint density at radius 3 is 2.46 bits per heavy atom. The van der Waals surface area contributed by atoms with Crippen molar-refractivity contribution in [3.05, 3.63) is 63.3 Å². The largest absolute Gasteiger partial charge is 0.390 e. The Labute approximate surface area is 153 Å². The Morgan fingerprint density at radius 2 is 1.88 bits per heavy atom. The van der Waals surface area contributed by atoms with Crippen molar-refractivity contribution >= 4 is 5.91 Å². The van der Waals surface area contributed by atoms with E-state index in [0.29, 0.717) is 30.8 Å². The number of hydrogen-bond donors (Lipinski definition) is 2. The molecule has 140 valence electrons. The van der Waals surface area contributed by atoms with Crippen LogP contribution in [0.5, 0.6) is 0 Å². The third-order valence-corrected chi connectivity index (χ3v) is 4.21. The number of carbonyl (C=O) groups is 1. The number of aliphatic hydroxyl groups is 1. The molecule has 0 unspecified atom stereocenters. The molecule has 26 heavy (non-hydrogen) atoms. The molecule has 2 N–H and O–H groups in total. The van der Waals surface area contributed by atoms with Crippen molar-refractivity contribution in [2.24, 2.45) is 0 Å². The van der Waals surface area contributed by atoms with Crippen molar-refractivity contribution in [1.29, 1.82) is 0 Å². The maximum atomic E-state index is 12.2. The molecule has 0 saturated carbocycles. The average molecular weight is 357 g/mol. The quantitative estimate of drug-likeness (QED) is 0.794. The van der Waals surface area contributed by atoms with Gasteiger partial charge in [0.2, 0.25) is 0 Å². The van der Waals surface area contributed by atoms with Crippen molar-refractivity contribution in [1.82, 2.24) is 14.9 Å². The van der Waals surface area contributed by atoms with Gasteiger partial charge in [0.15, 0.2) is 0 Å². The van der Waals surface area contributed by atoms with E-state index < -0.39 is 5.60 Å². The average Bonchev–Trinajstić information content (AvgIpc) is 2.55. The normalized spacial score (nSPS) is 11.4. The van der Waals surface area contributed by atoms with Crippen LogP contribution in [0.1, 0.15) is 47.6 Å². The van der Waals surface area contributed by atoms with E-state index in [4.69, 9.17) is 0 Å². The van der Waals surface area contributed by atoms with Crippen molar-refractivity contribution < 1.29 is 9.90 Å². The van der Waals surface area contributed by atoms with Crippen LogP contribution < -0.4 is 11.0 Å². The van der Waals surface area contributed by atoms with Gasteiger partial charge in [-0.3, -0.25) is 9.36 Å². The lowest BCUT2D eigenvalue weighted by Gasteiger charge is -2.16. The molecule has 2 aromatic rings. The molecule has 1 aromatic carbocycles. The van der Waals surface area contributed by atoms with E-state index in [1.54, 1.807) is 37.5 Å². The number of aromatic nitrogens is 2. The maximum Gasteiger partial charge on any atom is 0.348 e. The third-order valence-electron chi connectivity index (χ3n) is 4.21. The summed E-state index contributed by atoms with van der Waals surface area (Å²) in [5, 5.41) is 12.6. The lowest BCUT2D eigenvalue weighted by Crippen LogP contribution is -2.33. The zero-order chi connectivity index (χ0) is 19.3. The van der Waals surface area contributed by atoms with Gasteiger partial charge in [-0.05, 0) is 64.3 Å². The van der Waals surface area contributed by atoms with E-state index in [1.807, 2.05) is 25.1 Å². The number of benzene rings is 1. The lowest BCUT2D eigenvalue weighted by atomic mass is 9.98. The van der Waals surface area contributed by atoms with E-state index >= 15 is 0 Å². The molecule has 0 fully saturated rings. The number of rotatable bonds is 7. The molecule has 6 nitrogen and oxygen atoms in total. The summed E-state index contributed by atoms with van der Waals surface area (Å²) in [5.74, 6) is -0.176. The Morgan fingerprint density at radius 1 is 1.23 bits per heavy atom. The number of nitrogens with zero attached hydrogens (tertiary/aromatic N) is 2. The molecular formula is C20H27N3O3. The summed E-state index contributed by atoms with van der Waals surface area (Å²) >= 11 is 0. The molecule has 0 atom stereocenters. The van der Waals surface area contributed by atoms with E-state index in [2.05, 4.69) is 10.3 Å². The van der Waals surface area contributed by atoms with Gasteiger partial charge in [0, 0.05) is 30.0 Å². The van der Waals surface area contributed by atoms with Crippen LogP contribution in [0.15, 0.2) is 35.1 Å². The Hall–Kier alpha value is -2.47. The van der Waals surface area contributed by atoms with Gasteiger partial charge in [-0.1, -0.05) is 12.1 Å². The molecular weight excluding hydrogens is 330 g/mol. The summed E-state index contributed by atoms with van der Waals surface area (Å²) < 4.78 is 1.55. The number of hydrogen-bond acceptors (Lipinski definition) is 4. The molecule has 0 spiro atoms. The first-order chi connectivity index (χ1) is 12.2. The predicted molar refractivity (Wildman–Crippen MR) is 101 cm³/mol. The molecule has 1 heterocycles. The molecule has 0 aliphatic rings. The first-order valence-corrected chi connectivity index (χ1v) is 8.80. The molecule has 2 rings (SSSR count). The number of aryl methyl sites for hydroxylation is 3. The first-order valence-electron chi connectivity index (χ1n) is 8.80. The van der Waals surface area contributed by atoms with Gasteiger partial charge in [0.25, 0.3) is 5.91 Å². The van der Waals surface area contributed by atoms with Gasteiger partial charge in [-0.2, -0.15) is 4.98 Å². The van der Waals surface area contributed by atoms with Gasteiger partial charge in [-0.15, -0.1) is 0 Å². The second-order valence-electron chi connectivity index (χ2n) is 7.24. The van der Waals surface area contributed by atoms with Crippen LogP contribution in [-0.4, -0.2) is 32.7 Å². The molecule has 0 radical (unpaired) electrons. The van der Waals surface area contributed by atoms with Gasteiger partial charge >= 0.3 is 5.69 Å². The van der Waals surface area contributed by atoms with Gasteiger partial charge in [-0.25, -0.2) is 4.79 Å². The summed E-state index contributed by atoms with van der Waals surface area (Å²) in [7, 11) is 0. The fraction of sp³-hybridized carbons (Fsp3) is 0.450. The van der Waals surface area contributed by atoms with Gasteiger partial charge < -0.3 is 10.4 Å². The number of amides is 1. The second-order valence-corrected chi connectivity index (χ2v) is 7.24. The van der Waals surface area contributed by atoms with Gasteiger partial charge in [0.05, 0.1) is 5.60 Å². The molecule has 1 aromatic heterocycles. The van der Waals surface area contributed by atoms with Crippen LogP contribution in [0.2, 0.25) is 0 Å². The molecule has 0 bridgehead atoms. The van der Waals surface area contributed by atoms with Crippen LogP contribution >= 0.6 is 0 Å². The fourth-order valence-corrected chi connectivity index (χ4v) is 2.70. The summed E-state index contributed by atoms with van der Waals surface area (Å²) in [4.78, 5) is 28.0. The van der Waals surface area contributed by atoms with Crippen molar-refractivity contribution in [2.45, 2.75) is 52.7 Å². The van der Waals surface area contributed by atoms with E-state index in [0.717, 1.165) is 17.7 Å². The SMILES string of the molecule is Cc1cc(C)n(CCNC(=O)c2ccc(CCC(C)(C)O)cc2)c(=O)n1. The zero-order valence-electron chi connectivity index (χ0n) is 15.9. The van der Waals surface area contributed by atoms with E-state index in [-0.39, 0.29) is 11.6 Å². The third kappa shape index (κ3) is 5.81. The minimum atomic E-state index is -0.697. The van der Waals surface area contributed by atoms with Crippen LogP contribution in [0, 0.1) is 13.8 Å². The second kappa shape index (κ2) is 8.27. The molecule has 0 saturated heterocycles. The van der Waals surface area contributed by atoms with Crippen LogP contribution in [-0.2, 0) is 13.0 Å². The minimum Gasteiger partial charge on any atom is -0.390 e. The van der Waals surface area contributed by atoms with Crippen molar-refractivity contribution in [3.8, 4) is 0 Å². The Kier molecular flexibility index (Phi) is 6.32. The summed E-state index contributed by atoms with van der Waals surface area (Å²) in [5.41, 5.74) is 2.18. The number of nitrogens with one attached hydrogen (secondary N) is 1. The lowest BCUT2D eigenvalue weighted by molar-refractivity contribution is 0.0713. The molecule has 6 heteroatoms. The zero-order valence-corrected chi connectivity index (χ0v) is 15.9. The van der Waals surface area contributed by atoms with Crippen LogP contribution in [0.25, 0.3) is 0 Å². The Balaban J connectivity index is 1.89. The van der Waals surface area contributed by atoms with Crippen LogP contribution in [0.3, 0.4) is 0 Å². The standard InChI is InChI=1S/C20H27N3O3/c1-14-13-15(2)23(19(25)22-14)12-11-21-18(24)17-7-5-16(6-8-17)9-10-20(3,4)26/h5-8,13,26H,9-12H2,1-4H3,(H,21,24). The molecule has 1 amide bonds. The highest BCUT2D eigenvalue weighted by atomic mass is 16.3. The van der Waals surface area contributed by atoms with Crippen molar-refractivity contribution in [3.63, 3.8) is 0 Å². The molecule has 0 aliphatic carbocycles. The Bertz CT molecular complexity index is 818. The molecule has 0 aliphatic heterocycles.